The van der Waals surface area contributed by atoms with Crippen molar-refractivity contribution in [2.24, 2.45) is 17.6 Å². The number of hydrogen-bond acceptors (Lipinski definition) is 5. The molecule has 3 aromatic rings. The van der Waals surface area contributed by atoms with E-state index in [-0.39, 0.29) is 42.8 Å². The predicted octanol–water partition coefficient (Wildman–Crippen LogP) is 5.04. The number of nitrogens with zero attached hydrogens (tertiary/aromatic N) is 1. The quantitative estimate of drug-likeness (QED) is 0.581. The first-order chi connectivity index (χ1) is 13.2. The van der Waals surface area contributed by atoms with Crippen LogP contribution in [0.2, 0.25) is 0 Å². The molecule has 2 saturated carbocycles. The number of rotatable bonds is 3. The van der Waals surface area contributed by atoms with E-state index >= 15 is 0 Å². The normalized spacial score (nSPS) is 25.7. The predicted molar refractivity (Wildman–Crippen MR) is 121 cm³/mol. The fraction of sp³-hybridized carbons (Fsp3) is 0.429. The molecule has 2 bridgehead atoms. The van der Waals surface area contributed by atoms with E-state index in [0.29, 0.717) is 23.4 Å². The Labute approximate surface area is 186 Å². The molecule has 2 aliphatic rings. The molecule has 29 heavy (non-hydrogen) atoms. The number of carbonyl (C=O) groups excluding carboxylic acids is 1. The van der Waals surface area contributed by atoms with Gasteiger partial charge < -0.3 is 15.5 Å². The highest BCUT2D eigenvalue weighted by atomic mass is 35.5. The Hall–Kier alpha value is -1.60. The van der Waals surface area contributed by atoms with E-state index in [4.69, 9.17) is 10.2 Å². The van der Waals surface area contributed by atoms with Crippen LogP contribution in [-0.2, 0) is 0 Å². The van der Waals surface area contributed by atoms with E-state index in [1.807, 2.05) is 30.3 Å². The van der Waals surface area contributed by atoms with Gasteiger partial charge in [0.25, 0.3) is 5.91 Å². The summed E-state index contributed by atoms with van der Waals surface area (Å²) in [5.74, 6) is 1.87. The topological polar surface area (TPSA) is 81.1 Å². The number of nitrogens with two attached hydrogens (primary N) is 1. The number of para-hydroxylation sites is 1. The number of benzene rings is 1. The van der Waals surface area contributed by atoms with Crippen molar-refractivity contribution in [2.75, 3.05) is 0 Å². The summed E-state index contributed by atoms with van der Waals surface area (Å²) in [4.78, 5) is 17.4. The number of aromatic nitrogens is 1. The van der Waals surface area contributed by atoms with Crippen LogP contribution in [0.3, 0.4) is 0 Å². The number of fused-ring (bicyclic) bond motifs is 3. The van der Waals surface area contributed by atoms with Crippen LogP contribution in [0.25, 0.3) is 21.0 Å². The number of halogens is 2. The van der Waals surface area contributed by atoms with Crippen LogP contribution in [-0.4, -0.2) is 23.0 Å². The average Bonchev–Trinajstić information content (AvgIpc) is 3.29. The standard InChI is InChI=1S/C21H23N3O2S.2ClH/c22-14-10-12-4-3-5-13(11-14)19(12)24-20(25)16-8-9-17(26-16)21-23-15-6-1-2-7-18(15)27-21;;/h1-2,6-9,12-14,19H,3-5,10-11,22H2,(H,24,25);2*1H. The van der Waals surface area contributed by atoms with Gasteiger partial charge in [-0.3, -0.25) is 4.79 Å². The molecule has 2 heterocycles. The van der Waals surface area contributed by atoms with E-state index in [9.17, 15) is 4.79 Å². The lowest BCUT2D eigenvalue weighted by atomic mass is 9.67. The monoisotopic (exact) mass is 453 g/mol. The van der Waals surface area contributed by atoms with Crippen molar-refractivity contribution in [3.63, 3.8) is 0 Å². The van der Waals surface area contributed by atoms with Crippen molar-refractivity contribution in [1.82, 2.24) is 10.3 Å². The van der Waals surface area contributed by atoms with Crippen molar-refractivity contribution in [1.29, 1.82) is 0 Å². The highest BCUT2D eigenvalue weighted by molar-refractivity contribution is 7.21. The van der Waals surface area contributed by atoms with E-state index in [1.54, 1.807) is 17.4 Å². The molecular formula is C21H25Cl2N3O2S. The Balaban J connectivity index is 0.00000120. The lowest BCUT2D eigenvalue weighted by Crippen LogP contribution is -2.53. The second-order valence-corrected chi connectivity index (χ2v) is 8.86. The molecule has 5 nitrogen and oxygen atoms in total. The Morgan fingerprint density at radius 2 is 1.83 bits per heavy atom. The maximum atomic E-state index is 12.8. The summed E-state index contributed by atoms with van der Waals surface area (Å²) in [6.07, 6.45) is 5.58. The molecule has 1 amide bonds. The molecule has 5 rings (SSSR count). The molecule has 0 spiro atoms. The fourth-order valence-electron chi connectivity index (χ4n) is 4.80. The first kappa shape index (κ1) is 22.1. The highest BCUT2D eigenvalue weighted by Gasteiger charge is 2.40. The summed E-state index contributed by atoms with van der Waals surface area (Å²) in [6, 6.07) is 12.1. The van der Waals surface area contributed by atoms with Crippen LogP contribution >= 0.6 is 36.2 Å². The summed E-state index contributed by atoms with van der Waals surface area (Å²) < 4.78 is 6.97. The second kappa shape index (κ2) is 9.04. The third-order valence-corrected chi connectivity index (χ3v) is 7.06. The lowest BCUT2D eigenvalue weighted by molar-refractivity contribution is 0.0733. The maximum Gasteiger partial charge on any atom is 0.287 e. The average molecular weight is 454 g/mol. The summed E-state index contributed by atoms with van der Waals surface area (Å²) in [5, 5.41) is 4.05. The highest BCUT2D eigenvalue weighted by Crippen LogP contribution is 2.40. The van der Waals surface area contributed by atoms with Crippen molar-refractivity contribution < 1.29 is 9.21 Å². The van der Waals surface area contributed by atoms with Gasteiger partial charge in [-0.2, -0.15) is 0 Å². The van der Waals surface area contributed by atoms with Gasteiger partial charge in [-0.1, -0.05) is 18.6 Å². The van der Waals surface area contributed by atoms with E-state index in [2.05, 4.69) is 10.3 Å². The number of nitrogens with one attached hydrogen (secondary N) is 1. The molecule has 156 valence electrons. The zero-order chi connectivity index (χ0) is 18.4. The lowest BCUT2D eigenvalue weighted by Gasteiger charge is -2.45. The molecule has 2 aromatic heterocycles. The minimum atomic E-state index is -0.125. The summed E-state index contributed by atoms with van der Waals surface area (Å²) in [7, 11) is 0. The summed E-state index contributed by atoms with van der Waals surface area (Å²) in [5.41, 5.74) is 7.14. The SMILES string of the molecule is Cl.Cl.NC1CC2CCCC(C1)C2NC(=O)c1ccc(-c2nc3ccccc3s2)o1. The minimum Gasteiger partial charge on any atom is -0.448 e. The zero-order valence-electron chi connectivity index (χ0n) is 15.9. The second-order valence-electron chi connectivity index (χ2n) is 7.83. The first-order valence-electron chi connectivity index (χ1n) is 9.69. The Morgan fingerprint density at radius 1 is 1.10 bits per heavy atom. The first-order valence-corrected chi connectivity index (χ1v) is 10.5. The molecular weight excluding hydrogens is 429 g/mol. The van der Waals surface area contributed by atoms with Gasteiger partial charge in [0.2, 0.25) is 0 Å². The zero-order valence-corrected chi connectivity index (χ0v) is 18.3. The Morgan fingerprint density at radius 3 is 2.55 bits per heavy atom. The summed E-state index contributed by atoms with van der Waals surface area (Å²) in [6.45, 7) is 0. The van der Waals surface area contributed by atoms with Crippen molar-refractivity contribution in [3.05, 3.63) is 42.2 Å². The number of furan rings is 1. The van der Waals surface area contributed by atoms with Crippen LogP contribution in [0.5, 0.6) is 0 Å². The third-order valence-electron chi connectivity index (χ3n) is 6.01. The minimum absolute atomic E-state index is 0. The van der Waals surface area contributed by atoms with Crippen LogP contribution < -0.4 is 11.1 Å². The van der Waals surface area contributed by atoms with Gasteiger partial charge >= 0.3 is 0 Å². The van der Waals surface area contributed by atoms with Crippen molar-refractivity contribution in [2.45, 2.75) is 44.2 Å². The molecule has 2 atom stereocenters. The maximum absolute atomic E-state index is 12.8. The molecule has 2 unspecified atom stereocenters. The Kier molecular flexibility index (Phi) is 6.89. The van der Waals surface area contributed by atoms with E-state index < -0.39 is 0 Å². The molecule has 2 fully saturated rings. The van der Waals surface area contributed by atoms with Gasteiger partial charge in [-0.15, -0.1) is 36.2 Å². The van der Waals surface area contributed by atoms with Gasteiger partial charge in [0, 0.05) is 12.1 Å². The number of amides is 1. The molecule has 1 aromatic carbocycles. The van der Waals surface area contributed by atoms with Gasteiger partial charge in [-0.05, 0) is 61.8 Å². The van der Waals surface area contributed by atoms with Gasteiger partial charge in [0.05, 0.1) is 10.2 Å². The van der Waals surface area contributed by atoms with Crippen LogP contribution in [0, 0.1) is 11.8 Å². The molecule has 2 aliphatic carbocycles. The number of carbonyl (C=O) groups is 1. The van der Waals surface area contributed by atoms with Gasteiger partial charge in [-0.25, -0.2) is 4.98 Å². The molecule has 0 aliphatic heterocycles. The number of thiazole rings is 1. The van der Waals surface area contributed by atoms with E-state index in [0.717, 1.165) is 40.9 Å². The van der Waals surface area contributed by atoms with Crippen molar-refractivity contribution in [3.8, 4) is 10.8 Å². The molecule has 0 saturated heterocycles. The molecule has 8 heteroatoms. The molecule has 0 radical (unpaired) electrons. The van der Waals surface area contributed by atoms with Gasteiger partial charge in [0.1, 0.15) is 0 Å². The van der Waals surface area contributed by atoms with Gasteiger partial charge in [0.15, 0.2) is 16.5 Å². The van der Waals surface area contributed by atoms with Crippen molar-refractivity contribution >= 4 is 52.3 Å². The molecule has 3 N–H and O–H groups in total. The van der Waals surface area contributed by atoms with Crippen LogP contribution in [0.4, 0.5) is 0 Å². The smallest absolute Gasteiger partial charge is 0.287 e. The van der Waals surface area contributed by atoms with Crippen LogP contribution in [0.1, 0.15) is 42.7 Å². The Bertz CT molecular complexity index is 942. The van der Waals surface area contributed by atoms with Crippen LogP contribution in [0.15, 0.2) is 40.8 Å². The fourth-order valence-corrected chi connectivity index (χ4v) is 5.73. The largest absolute Gasteiger partial charge is 0.448 e. The van der Waals surface area contributed by atoms with E-state index in [1.165, 1.54) is 6.42 Å². The third kappa shape index (κ3) is 4.31. The summed E-state index contributed by atoms with van der Waals surface area (Å²) >= 11 is 1.57. The number of hydrogen-bond donors (Lipinski definition) is 2.